The van der Waals surface area contributed by atoms with Gasteiger partial charge in [-0.3, -0.25) is 4.98 Å². The fraction of sp³-hybridized carbons (Fsp3) is 0.357. The Labute approximate surface area is 116 Å². The van der Waals surface area contributed by atoms with Crippen LogP contribution in [-0.2, 0) is 11.3 Å². The molecule has 2 aromatic heterocycles. The average Bonchev–Trinajstić information content (AvgIpc) is 2.91. The number of anilines is 1. The Bertz CT molecular complexity index is 609. The van der Waals surface area contributed by atoms with Crippen molar-refractivity contribution in [1.29, 1.82) is 0 Å². The lowest BCUT2D eigenvalue weighted by Crippen LogP contribution is -2.26. The van der Waals surface area contributed by atoms with Crippen molar-refractivity contribution in [3.8, 4) is 0 Å². The van der Waals surface area contributed by atoms with Gasteiger partial charge in [-0.1, -0.05) is 0 Å². The molecule has 1 aliphatic heterocycles. The first-order chi connectivity index (χ1) is 9.78. The van der Waals surface area contributed by atoms with Crippen LogP contribution in [0, 0.1) is 0 Å². The van der Waals surface area contributed by atoms with Crippen LogP contribution in [0.5, 0.6) is 0 Å². The molecule has 6 nitrogen and oxygen atoms in total. The van der Waals surface area contributed by atoms with Crippen molar-refractivity contribution in [2.24, 2.45) is 0 Å². The van der Waals surface area contributed by atoms with Gasteiger partial charge in [-0.15, -0.1) is 0 Å². The van der Waals surface area contributed by atoms with Crippen LogP contribution in [0.4, 0.5) is 5.82 Å². The second-order valence-electron chi connectivity index (χ2n) is 4.68. The zero-order valence-corrected chi connectivity index (χ0v) is 11.2. The van der Waals surface area contributed by atoms with Gasteiger partial charge in [0.15, 0.2) is 5.69 Å². The first-order valence-corrected chi connectivity index (χ1v) is 6.66. The minimum Gasteiger partial charge on any atom is -0.461 e. The summed E-state index contributed by atoms with van der Waals surface area (Å²) in [7, 11) is 0. The quantitative estimate of drug-likeness (QED) is 0.861. The Kier molecular flexibility index (Phi) is 3.37. The van der Waals surface area contributed by atoms with Crippen molar-refractivity contribution in [2.75, 3.05) is 18.5 Å². The van der Waals surface area contributed by atoms with E-state index in [0.29, 0.717) is 18.2 Å². The van der Waals surface area contributed by atoms with Crippen LogP contribution in [0.1, 0.15) is 28.9 Å². The number of hydrogen-bond acceptors (Lipinski definition) is 5. The van der Waals surface area contributed by atoms with E-state index in [1.165, 1.54) is 5.56 Å². The summed E-state index contributed by atoms with van der Waals surface area (Å²) >= 11 is 0. The highest BCUT2D eigenvalue weighted by Gasteiger charge is 2.23. The number of hydrogen-bond donors (Lipinski definition) is 1. The number of fused-ring (bicyclic) bond motifs is 1. The molecule has 0 spiro atoms. The smallest absolute Gasteiger partial charge is 0.358 e. The molecule has 104 valence electrons. The molecule has 0 radical (unpaired) electrons. The predicted octanol–water partition coefficient (Wildman–Crippen LogP) is 1.66. The average molecular weight is 272 g/mol. The summed E-state index contributed by atoms with van der Waals surface area (Å²) in [4.78, 5) is 15.7. The highest BCUT2D eigenvalue weighted by Crippen LogP contribution is 2.25. The molecule has 0 bridgehead atoms. The molecule has 3 rings (SSSR count). The van der Waals surface area contributed by atoms with Crippen molar-refractivity contribution < 1.29 is 9.53 Å². The largest absolute Gasteiger partial charge is 0.461 e. The van der Waals surface area contributed by atoms with Crippen molar-refractivity contribution in [1.82, 2.24) is 14.8 Å². The molecular formula is C14H16N4O2. The molecule has 1 N–H and O–H groups in total. The number of aromatic nitrogens is 3. The molecule has 1 atom stereocenters. The van der Waals surface area contributed by atoms with Gasteiger partial charge in [0, 0.05) is 30.9 Å². The Morgan fingerprint density at radius 1 is 1.50 bits per heavy atom. The zero-order chi connectivity index (χ0) is 13.9. The fourth-order valence-electron chi connectivity index (χ4n) is 2.36. The topological polar surface area (TPSA) is 69.0 Å². The molecule has 3 heterocycles. The van der Waals surface area contributed by atoms with Crippen LogP contribution in [0.25, 0.3) is 0 Å². The number of rotatable bonds is 3. The number of carbonyl (C=O) groups is 1. The van der Waals surface area contributed by atoms with E-state index < -0.39 is 0 Å². The number of nitrogens with zero attached hydrogens (tertiary/aromatic N) is 3. The standard InChI is InChI=1S/C14H16N4O2/c1-2-20-14(19)12-7-13-16-8-11(9-18(13)17-12)10-3-5-15-6-4-10/h3-7,11,16H,2,8-9H2,1H3. The first kappa shape index (κ1) is 12.7. The lowest BCUT2D eigenvalue weighted by Gasteiger charge is -2.24. The lowest BCUT2D eigenvalue weighted by atomic mass is 9.99. The molecule has 1 unspecified atom stereocenters. The third-order valence-electron chi connectivity index (χ3n) is 3.36. The summed E-state index contributed by atoms with van der Waals surface area (Å²) < 4.78 is 6.79. The molecule has 0 aromatic carbocycles. The molecule has 0 saturated heterocycles. The van der Waals surface area contributed by atoms with Crippen molar-refractivity contribution in [3.05, 3.63) is 41.9 Å². The molecule has 0 saturated carbocycles. The molecule has 6 heteroatoms. The third-order valence-corrected chi connectivity index (χ3v) is 3.36. The third kappa shape index (κ3) is 2.36. The van der Waals surface area contributed by atoms with Crippen molar-refractivity contribution in [2.45, 2.75) is 19.4 Å². The molecular weight excluding hydrogens is 256 g/mol. The Balaban J connectivity index is 1.80. The van der Waals surface area contributed by atoms with Gasteiger partial charge >= 0.3 is 5.97 Å². The van der Waals surface area contributed by atoms with E-state index in [4.69, 9.17) is 4.74 Å². The number of esters is 1. The maximum atomic E-state index is 11.7. The van der Waals surface area contributed by atoms with Crippen molar-refractivity contribution >= 4 is 11.8 Å². The summed E-state index contributed by atoms with van der Waals surface area (Å²) in [6.45, 7) is 3.70. The second kappa shape index (κ2) is 5.32. The Hall–Kier alpha value is -2.37. The van der Waals surface area contributed by atoms with E-state index in [1.54, 1.807) is 25.4 Å². The Morgan fingerprint density at radius 2 is 2.30 bits per heavy atom. The van der Waals surface area contributed by atoms with Gasteiger partial charge in [0.05, 0.1) is 13.2 Å². The van der Waals surface area contributed by atoms with Crippen LogP contribution in [0.15, 0.2) is 30.6 Å². The van der Waals surface area contributed by atoms with Crippen LogP contribution in [-0.4, -0.2) is 33.9 Å². The summed E-state index contributed by atoms with van der Waals surface area (Å²) in [5.74, 6) is 0.801. The highest BCUT2D eigenvalue weighted by molar-refractivity contribution is 5.88. The van der Waals surface area contributed by atoms with Gasteiger partial charge in [-0.2, -0.15) is 5.10 Å². The monoisotopic (exact) mass is 272 g/mol. The lowest BCUT2D eigenvalue weighted by molar-refractivity contribution is 0.0518. The highest BCUT2D eigenvalue weighted by atomic mass is 16.5. The summed E-state index contributed by atoms with van der Waals surface area (Å²) in [6.07, 6.45) is 3.58. The van der Waals surface area contributed by atoms with E-state index in [2.05, 4.69) is 15.4 Å². The van der Waals surface area contributed by atoms with E-state index in [-0.39, 0.29) is 5.97 Å². The fourth-order valence-corrected chi connectivity index (χ4v) is 2.36. The van der Waals surface area contributed by atoms with Gasteiger partial charge in [-0.05, 0) is 24.6 Å². The van der Waals surface area contributed by atoms with Crippen molar-refractivity contribution in [3.63, 3.8) is 0 Å². The van der Waals surface area contributed by atoms with E-state index >= 15 is 0 Å². The first-order valence-electron chi connectivity index (χ1n) is 6.66. The molecule has 20 heavy (non-hydrogen) atoms. The van der Waals surface area contributed by atoms with Gasteiger partial charge in [0.1, 0.15) is 5.82 Å². The normalized spacial score (nSPS) is 17.1. The molecule has 0 amide bonds. The van der Waals surface area contributed by atoms with Gasteiger partial charge in [0.2, 0.25) is 0 Å². The molecule has 2 aromatic rings. The van der Waals surface area contributed by atoms with E-state index in [0.717, 1.165) is 18.9 Å². The Morgan fingerprint density at radius 3 is 3.05 bits per heavy atom. The van der Waals surface area contributed by atoms with Crippen LogP contribution < -0.4 is 5.32 Å². The number of ether oxygens (including phenoxy) is 1. The minimum atomic E-state index is -0.378. The van der Waals surface area contributed by atoms with Crippen LogP contribution >= 0.6 is 0 Å². The zero-order valence-electron chi connectivity index (χ0n) is 11.2. The van der Waals surface area contributed by atoms with E-state index in [9.17, 15) is 4.79 Å². The van der Waals surface area contributed by atoms with E-state index in [1.807, 2.05) is 16.8 Å². The van der Waals surface area contributed by atoms with Gasteiger partial charge < -0.3 is 10.1 Å². The van der Waals surface area contributed by atoms with Crippen LogP contribution in [0.2, 0.25) is 0 Å². The minimum absolute atomic E-state index is 0.320. The number of pyridine rings is 1. The maximum absolute atomic E-state index is 11.7. The summed E-state index contributed by atoms with van der Waals surface area (Å²) in [5.41, 5.74) is 1.57. The SMILES string of the molecule is CCOC(=O)c1cc2n(n1)CC(c1ccncc1)CN2. The number of carbonyl (C=O) groups excluding carboxylic acids is 1. The molecule has 0 aliphatic carbocycles. The maximum Gasteiger partial charge on any atom is 0.358 e. The molecule has 0 fully saturated rings. The predicted molar refractivity (Wildman–Crippen MR) is 73.7 cm³/mol. The van der Waals surface area contributed by atoms with Gasteiger partial charge in [0.25, 0.3) is 0 Å². The van der Waals surface area contributed by atoms with Crippen LogP contribution in [0.3, 0.4) is 0 Å². The molecule has 1 aliphatic rings. The summed E-state index contributed by atoms with van der Waals surface area (Å²) in [5, 5.41) is 7.61. The van der Waals surface area contributed by atoms with Gasteiger partial charge in [-0.25, -0.2) is 9.48 Å². The second-order valence-corrected chi connectivity index (χ2v) is 4.68. The number of nitrogens with one attached hydrogen (secondary N) is 1. The summed E-state index contributed by atoms with van der Waals surface area (Å²) in [6, 6.07) is 5.75.